The summed E-state index contributed by atoms with van der Waals surface area (Å²) in [5, 5.41) is 2.99. The minimum absolute atomic E-state index is 0.0898. The molecule has 2 aromatic carbocycles. The molecule has 122 valence electrons. The molecule has 0 bridgehead atoms. The Morgan fingerprint density at radius 3 is 2.39 bits per heavy atom. The van der Waals surface area contributed by atoms with Crippen LogP contribution < -0.4 is 15.0 Å². The predicted octanol–water partition coefficient (Wildman–Crippen LogP) is 1.07. The maximum atomic E-state index is 12.0. The Labute approximate surface area is 138 Å². The number of hydrogen-bond donors (Lipinski definition) is 2. The highest BCUT2D eigenvalue weighted by molar-refractivity contribution is 5.76. The molecular weight excluding hydrogens is 288 g/mol. The van der Waals surface area contributed by atoms with Gasteiger partial charge in [-0.15, -0.1) is 0 Å². The zero-order valence-electron chi connectivity index (χ0n) is 13.8. The smallest absolute Gasteiger partial charge is 0.275 e. The summed E-state index contributed by atoms with van der Waals surface area (Å²) >= 11 is 0. The molecule has 2 N–H and O–H groups in total. The van der Waals surface area contributed by atoms with E-state index in [1.807, 2.05) is 49.5 Å². The summed E-state index contributed by atoms with van der Waals surface area (Å²) in [7, 11) is 3.69. The van der Waals surface area contributed by atoms with Crippen LogP contribution in [0, 0.1) is 0 Å². The van der Waals surface area contributed by atoms with E-state index in [9.17, 15) is 4.79 Å². The molecule has 0 aliphatic heterocycles. The van der Waals surface area contributed by atoms with Crippen LogP contribution in [-0.4, -0.2) is 33.2 Å². The van der Waals surface area contributed by atoms with Crippen molar-refractivity contribution < 1.29 is 14.4 Å². The van der Waals surface area contributed by atoms with Gasteiger partial charge in [0.15, 0.2) is 6.54 Å². The number of hydrogen-bond acceptors (Lipinski definition) is 2. The van der Waals surface area contributed by atoms with Gasteiger partial charge < -0.3 is 15.0 Å². The standard InChI is InChI=1S/C19H24N2O2/c1-21(14-17-8-10-18(23-2)11-9-17)15-19(22)20-13-12-16-6-4-3-5-7-16/h3-11H,12-15H2,1-2H3,(H,20,22)/p+1. The van der Waals surface area contributed by atoms with Crippen molar-refractivity contribution in [1.29, 1.82) is 0 Å². The molecule has 4 heteroatoms. The number of benzene rings is 2. The van der Waals surface area contributed by atoms with Crippen LogP contribution in [-0.2, 0) is 17.8 Å². The monoisotopic (exact) mass is 313 g/mol. The summed E-state index contributed by atoms with van der Waals surface area (Å²) < 4.78 is 5.15. The number of likely N-dealkylation sites (N-methyl/N-ethyl adjacent to an activating group) is 1. The Bertz CT molecular complexity index is 597. The lowest BCUT2D eigenvalue weighted by Crippen LogP contribution is -3.08. The number of amides is 1. The summed E-state index contributed by atoms with van der Waals surface area (Å²) in [6.07, 6.45) is 0.865. The second-order valence-corrected chi connectivity index (χ2v) is 5.74. The normalized spacial score (nSPS) is 11.7. The van der Waals surface area contributed by atoms with Crippen molar-refractivity contribution in [2.24, 2.45) is 0 Å². The van der Waals surface area contributed by atoms with Gasteiger partial charge in [0.2, 0.25) is 0 Å². The van der Waals surface area contributed by atoms with Gasteiger partial charge in [0, 0.05) is 12.1 Å². The maximum Gasteiger partial charge on any atom is 0.275 e. The lowest BCUT2D eigenvalue weighted by atomic mass is 10.1. The molecule has 23 heavy (non-hydrogen) atoms. The molecule has 2 rings (SSSR count). The van der Waals surface area contributed by atoms with Crippen molar-refractivity contribution in [3.63, 3.8) is 0 Å². The molecule has 0 heterocycles. The van der Waals surface area contributed by atoms with E-state index in [0.29, 0.717) is 13.1 Å². The van der Waals surface area contributed by atoms with Gasteiger partial charge >= 0.3 is 0 Å². The van der Waals surface area contributed by atoms with E-state index in [1.165, 1.54) is 11.1 Å². The molecule has 2 aromatic rings. The zero-order chi connectivity index (χ0) is 16.5. The van der Waals surface area contributed by atoms with Crippen molar-refractivity contribution in [1.82, 2.24) is 5.32 Å². The lowest BCUT2D eigenvalue weighted by Gasteiger charge is -2.14. The molecule has 1 unspecified atom stereocenters. The van der Waals surface area contributed by atoms with Crippen molar-refractivity contribution in [2.45, 2.75) is 13.0 Å². The first kappa shape index (κ1) is 17.0. The number of nitrogens with one attached hydrogen (secondary N) is 2. The minimum atomic E-state index is 0.0898. The van der Waals surface area contributed by atoms with Crippen LogP contribution in [0.1, 0.15) is 11.1 Å². The Balaban J connectivity index is 1.69. The quantitative estimate of drug-likeness (QED) is 0.765. The average molecular weight is 313 g/mol. The van der Waals surface area contributed by atoms with Crippen molar-refractivity contribution in [3.8, 4) is 5.75 Å². The molecule has 1 amide bonds. The third-order valence-electron chi connectivity index (χ3n) is 3.71. The molecule has 0 aliphatic rings. The van der Waals surface area contributed by atoms with Gasteiger partial charge in [0.1, 0.15) is 12.3 Å². The number of quaternary nitrogens is 1. The Morgan fingerprint density at radius 2 is 1.74 bits per heavy atom. The van der Waals surface area contributed by atoms with Gasteiger partial charge in [-0.1, -0.05) is 30.3 Å². The summed E-state index contributed by atoms with van der Waals surface area (Å²) in [6.45, 7) is 1.97. The molecule has 0 saturated carbocycles. The van der Waals surface area contributed by atoms with Crippen LogP contribution in [0.2, 0.25) is 0 Å². The number of rotatable bonds is 8. The summed E-state index contributed by atoms with van der Waals surface area (Å²) in [6, 6.07) is 18.2. The van der Waals surface area contributed by atoms with Gasteiger partial charge in [-0.25, -0.2) is 0 Å². The fourth-order valence-corrected chi connectivity index (χ4v) is 2.48. The van der Waals surface area contributed by atoms with E-state index in [0.717, 1.165) is 23.6 Å². The zero-order valence-corrected chi connectivity index (χ0v) is 13.8. The molecule has 0 fully saturated rings. The van der Waals surface area contributed by atoms with E-state index >= 15 is 0 Å². The molecule has 0 saturated heterocycles. The highest BCUT2D eigenvalue weighted by Crippen LogP contribution is 2.10. The van der Waals surface area contributed by atoms with Crippen LogP contribution in [0.5, 0.6) is 5.75 Å². The van der Waals surface area contributed by atoms with E-state index in [-0.39, 0.29) is 5.91 Å². The van der Waals surface area contributed by atoms with Gasteiger partial charge in [0.25, 0.3) is 5.91 Å². The van der Waals surface area contributed by atoms with Crippen LogP contribution in [0.4, 0.5) is 0 Å². The third-order valence-corrected chi connectivity index (χ3v) is 3.71. The SMILES string of the molecule is COc1ccc(C[NH+](C)CC(=O)NCCc2ccccc2)cc1. The topological polar surface area (TPSA) is 42.8 Å². The van der Waals surface area contributed by atoms with Crippen LogP contribution in [0.15, 0.2) is 54.6 Å². The summed E-state index contributed by atoms with van der Waals surface area (Å²) in [5.41, 5.74) is 2.44. The van der Waals surface area contributed by atoms with E-state index in [1.54, 1.807) is 7.11 Å². The highest BCUT2D eigenvalue weighted by atomic mass is 16.5. The van der Waals surface area contributed by atoms with Gasteiger partial charge in [0.05, 0.1) is 14.2 Å². The van der Waals surface area contributed by atoms with E-state index < -0.39 is 0 Å². The third kappa shape index (κ3) is 6.12. The molecule has 4 nitrogen and oxygen atoms in total. The Hall–Kier alpha value is -2.33. The first-order valence-corrected chi connectivity index (χ1v) is 7.92. The largest absolute Gasteiger partial charge is 0.497 e. The first-order valence-electron chi connectivity index (χ1n) is 7.92. The first-order chi connectivity index (χ1) is 11.2. The van der Waals surface area contributed by atoms with Crippen molar-refractivity contribution in [2.75, 3.05) is 27.2 Å². The average Bonchev–Trinajstić information content (AvgIpc) is 2.56. The molecular formula is C19H25N2O2+. The van der Waals surface area contributed by atoms with Crippen molar-refractivity contribution in [3.05, 3.63) is 65.7 Å². The molecule has 1 atom stereocenters. The van der Waals surface area contributed by atoms with E-state index in [2.05, 4.69) is 17.4 Å². The second kappa shape index (κ2) is 8.96. The van der Waals surface area contributed by atoms with Crippen LogP contribution in [0.25, 0.3) is 0 Å². The van der Waals surface area contributed by atoms with Gasteiger partial charge in [-0.3, -0.25) is 4.79 Å². The van der Waals surface area contributed by atoms with Gasteiger partial charge in [-0.2, -0.15) is 0 Å². The molecule has 0 radical (unpaired) electrons. The number of carbonyl (C=O) groups is 1. The maximum absolute atomic E-state index is 12.0. The fraction of sp³-hybridized carbons (Fsp3) is 0.316. The molecule has 0 aliphatic carbocycles. The van der Waals surface area contributed by atoms with Crippen LogP contribution in [0.3, 0.4) is 0 Å². The van der Waals surface area contributed by atoms with Gasteiger partial charge in [-0.05, 0) is 36.2 Å². The fourth-order valence-electron chi connectivity index (χ4n) is 2.48. The molecule has 0 spiro atoms. The van der Waals surface area contributed by atoms with Crippen LogP contribution >= 0.6 is 0 Å². The number of methoxy groups -OCH3 is 1. The molecule has 0 aromatic heterocycles. The number of ether oxygens (including phenoxy) is 1. The van der Waals surface area contributed by atoms with Crippen molar-refractivity contribution >= 4 is 5.91 Å². The van der Waals surface area contributed by atoms with E-state index in [4.69, 9.17) is 4.74 Å². The Morgan fingerprint density at radius 1 is 1.04 bits per heavy atom. The summed E-state index contributed by atoms with van der Waals surface area (Å²) in [5.74, 6) is 0.942. The Kier molecular flexibility index (Phi) is 6.63. The lowest BCUT2D eigenvalue weighted by molar-refractivity contribution is -0.885. The second-order valence-electron chi connectivity index (χ2n) is 5.74. The highest BCUT2D eigenvalue weighted by Gasteiger charge is 2.10. The summed E-state index contributed by atoms with van der Waals surface area (Å²) in [4.78, 5) is 13.1. The predicted molar refractivity (Wildman–Crippen MR) is 91.6 cm³/mol. The number of carbonyl (C=O) groups excluding carboxylic acids is 1. The minimum Gasteiger partial charge on any atom is -0.497 e.